The average Bonchev–Trinajstić information content (AvgIpc) is 3.27. The first-order chi connectivity index (χ1) is 19.3. The van der Waals surface area contributed by atoms with Crippen LogP contribution in [0.25, 0.3) is 0 Å². The maximum atomic E-state index is 12.5. The molecule has 0 spiro atoms. The molecular formula is C29H34Cl2N4O5. The van der Waals surface area contributed by atoms with Gasteiger partial charge < -0.3 is 29.8 Å². The molecule has 4 rings (SSSR count). The van der Waals surface area contributed by atoms with Gasteiger partial charge in [-0.25, -0.2) is 4.98 Å². The van der Waals surface area contributed by atoms with Crippen molar-refractivity contribution in [1.29, 1.82) is 0 Å². The van der Waals surface area contributed by atoms with Crippen molar-refractivity contribution in [2.24, 2.45) is 0 Å². The lowest BCUT2D eigenvalue weighted by Gasteiger charge is -2.36. The van der Waals surface area contributed by atoms with E-state index in [-0.39, 0.29) is 35.8 Å². The summed E-state index contributed by atoms with van der Waals surface area (Å²) in [5, 5.41) is 15.7. The maximum Gasteiger partial charge on any atom is 0.224 e. The minimum Gasteiger partial charge on any atom is -0.392 e. The van der Waals surface area contributed by atoms with Crippen LogP contribution in [0.5, 0.6) is 0 Å². The number of carbonyl (C=O) groups excluding carboxylic acids is 2. The average molecular weight is 590 g/mol. The van der Waals surface area contributed by atoms with E-state index in [0.29, 0.717) is 36.8 Å². The zero-order valence-electron chi connectivity index (χ0n) is 22.3. The molecule has 1 fully saturated rings. The standard InChI is InChI=1S/C29H34Cl2N4O5/c1-19(37)32-13-4-2-3-8-26(38)34-23-7-5-6-22(14-23)29-39-24(16-35-18-33-27(30)28(35)31)15-25(40-29)21-11-9-20(17-36)10-12-21/h5-7,9-12,14,18,24-25,29,36H,2-4,8,13,15-17H2,1H3,(H,32,37)(H,34,38)/t24-,25+,29+/m1/s1. The van der Waals surface area contributed by atoms with Crippen LogP contribution in [-0.4, -0.2) is 39.1 Å². The van der Waals surface area contributed by atoms with Gasteiger partial charge in [-0.3, -0.25) is 9.59 Å². The Morgan fingerprint density at radius 3 is 2.58 bits per heavy atom. The van der Waals surface area contributed by atoms with Crippen molar-refractivity contribution < 1.29 is 24.2 Å². The number of aliphatic hydroxyl groups excluding tert-OH is 1. The minimum atomic E-state index is -0.690. The highest BCUT2D eigenvalue weighted by molar-refractivity contribution is 6.40. The zero-order valence-corrected chi connectivity index (χ0v) is 23.8. The van der Waals surface area contributed by atoms with Gasteiger partial charge in [-0.2, -0.15) is 0 Å². The monoisotopic (exact) mass is 588 g/mol. The number of amides is 2. The molecule has 1 aliphatic heterocycles. The van der Waals surface area contributed by atoms with E-state index in [1.807, 2.05) is 48.5 Å². The van der Waals surface area contributed by atoms with Crippen LogP contribution in [0.2, 0.25) is 10.3 Å². The number of hydrogen-bond acceptors (Lipinski definition) is 6. The number of rotatable bonds is 12. The normalized spacial score (nSPS) is 18.9. The van der Waals surface area contributed by atoms with Crippen LogP contribution in [-0.2, 0) is 32.2 Å². The molecule has 1 aliphatic rings. The van der Waals surface area contributed by atoms with E-state index in [2.05, 4.69) is 15.6 Å². The number of aromatic nitrogens is 2. The Morgan fingerprint density at radius 2 is 1.88 bits per heavy atom. The third kappa shape index (κ3) is 8.52. The second-order valence-electron chi connectivity index (χ2n) is 9.80. The van der Waals surface area contributed by atoms with Crippen LogP contribution in [0, 0.1) is 0 Å². The summed E-state index contributed by atoms with van der Waals surface area (Å²) in [5.41, 5.74) is 3.21. The van der Waals surface area contributed by atoms with Crippen molar-refractivity contribution >= 4 is 40.7 Å². The van der Waals surface area contributed by atoms with Crippen molar-refractivity contribution in [3.8, 4) is 0 Å². The van der Waals surface area contributed by atoms with Gasteiger partial charge in [0, 0.05) is 37.6 Å². The molecular weight excluding hydrogens is 555 g/mol. The Balaban J connectivity index is 1.43. The van der Waals surface area contributed by atoms with Crippen molar-refractivity contribution in [1.82, 2.24) is 14.9 Å². The summed E-state index contributed by atoms with van der Waals surface area (Å²) in [6.07, 6.45) is 3.74. The first kappa shape index (κ1) is 30.0. The van der Waals surface area contributed by atoms with Crippen molar-refractivity contribution in [2.45, 2.75) is 70.7 Å². The van der Waals surface area contributed by atoms with Gasteiger partial charge in [-0.15, -0.1) is 0 Å². The van der Waals surface area contributed by atoms with Crippen LogP contribution < -0.4 is 10.6 Å². The number of anilines is 1. The van der Waals surface area contributed by atoms with Gasteiger partial charge in [0.15, 0.2) is 11.4 Å². The number of nitrogens with zero attached hydrogens (tertiary/aromatic N) is 2. The fourth-order valence-electron chi connectivity index (χ4n) is 4.56. The maximum absolute atomic E-state index is 12.5. The summed E-state index contributed by atoms with van der Waals surface area (Å²) < 4.78 is 14.5. The number of nitrogens with one attached hydrogen (secondary N) is 2. The second-order valence-corrected chi connectivity index (χ2v) is 10.5. The summed E-state index contributed by atoms with van der Waals surface area (Å²) in [6, 6.07) is 15.1. The van der Waals surface area contributed by atoms with E-state index >= 15 is 0 Å². The highest BCUT2D eigenvalue weighted by atomic mass is 35.5. The summed E-state index contributed by atoms with van der Waals surface area (Å²) in [5.74, 6) is -0.121. The van der Waals surface area contributed by atoms with Crippen molar-refractivity contribution in [2.75, 3.05) is 11.9 Å². The first-order valence-electron chi connectivity index (χ1n) is 13.3. The Morgan fingerprint density at radius 1 is 1.07 bits per heavy atom. The molecule has 0 unspecified atom stereocenters. The number of halogens is 2. The molecule has 1 aromatic heterocycles. The molecule has 9 nitrogen and oxygen atoms in total. The summed E-state index contributed by atoms with van der Waals surface area (Å²) in [6.45, 7) is 2.51. The number of carbonyl (C=O) groups is 2. The molecule has 2 aromatic carbocycles. The minimum absolute atomic E-state index is 0.0321. The smallest absolute Gasteiger partial charge is 0.224 e. The van der Waals surface area contributed by atoms with Crippen LogP contribution in [0.3, 0.4) is 0 Å². The molecule has 11 heteroatoms. The Kier molecular flexibility index (Phi) is 11.0. The van der Waals surface area contributed by atoms with E-state index in [0.717, 1.165) is 36.0 Å². The summed E-state index contributed by atoms with van der Waals surface area (Å²) in [7, 11) is 0. The van der Waals surface area contributed by atoms with E-state index in [9.17, 15) is 14.7 Å². The zero-order chi connectivity index (χ0) is 28.5. The molecule has 3 aromatic rings. The quantitative estimate of drug-likeness (QED) is 0.238. The fourth-order valence-corrected chi connectivity index (χ4v) is 4.87. The number of imidazole rings is 1. The summed E-state index contributed by atoms with van der Waals surface area (Å²) >= 11 is 12.4. The molecule has 214 valence electrons. The highest BCUT2D eigenvalue weighted by Gasteiger charge is 2.33. The van der Waals surface area contributed by atoms with Crippen LogP contribution >= 0.6 is 23.2 Å². The number of ether oxygens (including phenoxy) is 2. The van der Waals surface area contributed by atoms with Gasteiger partial charge in [0.25, 0.3) is 0 Å². The first-order valence-corrected chi connectivity index (χ1v) is 14.1. The van der Waals surface area contributed by atoms with Gasteiger partial charge in [0.1, 0.15) is 5.15 Å². The lowest BCUT2D eigenvalue weighted by Crippen LogP contribution is -2.32. The second kappa shape index (κ2) is 14.6. The fraction of sp³-hybridized carbons (Fsp3) is 0.414. The Hall–Kier alpha value is -2.95. The molecule has 3 N–H and O–H groups in total. The highest BCUT2D eigenvalue weighted by Crippen LogP contribution is 2.39. The van der Waals surface area contributed by atoms with Crippen molar-refractivity contribution in [3.05, 3.63) is 81.9 Å². The van der Waals surface area contributed by atoms with Crippen molar-refractivity contribution in [3.63, 3.8) is 0 Å². The molecule has 2 amide bonds. The molecule has 0 aliphatic carbocycles. The van der Waals surface area contributed by atoms with E-state index in [1.165, 1.54) is 6.92 Å². The SMILES string of the molecule is CC(=O)NCCCCCC(=O)Nc1cccc([C@H]2O[C@@H](Cn3cnc(Cl)c3Cl)C[C@@H](c3ccc(CO)cc3)O2)c1. The molecule has 3 atom stereocenters. The predicted molar refractivity (Wildman–Crippen MR) is 153 cm³/mol. The third-order valence-electron chi connectivity index (χ3n) is 6.65. The lowest BCUT2D eigenvalue weighted by molar-refractivity contribution is -0.252. The van der Waals surface area contributed by atoms with E-state index < -0.39 is 6.29 Å². The molecule has 2 heterocycles. The number of unbranched alkanes of at least 4 members (excludes halogenated alkanes) is 2. The van der Waals surface area contributed by atoms with E-state index in [4.69, 9.17) is 32.7 Å². The van der Waals surface area contributed by atoms with Gasteiger partial charge in [-0.05, 0) is 36.1 Å². The van der Waals surface area contributed by atoms with Crippen LogP contribution in [0.4, 0.5) is 5.69 Å². The van der Waals surface area contributed by atoms with Gasteiger partial charge in [-0.1, -0.05) is 66.0 Å². The predicted octanol–water partition coefficient (Wildman–Crippen LogP) is 5.56. The number of aliphatic hydroxyl groups is 1. The molecule has 1 saturated heterocycles. The molecule has 0 bridgehead atoms. The van der Waals surface area contributed by atoms with Gasteiger partial charge in [0.05, 0.1) is 31.7 Å². The van der Waals surface area contributed by atoms with Gasteiger partial charge in [0.2, 0.25) is 11.8 Å². The molecule has 0 radical (unpaired) electrons. The Labute approximate surface area is 243 Å². The summed E-state index contributed by atoms with van der Waals surface area (Å²) in [4.78, 5) is 27.5. The van der Waals surface area contributed by atoms with Crippen LogP contribution in [0.1, 0.15) is 68.1 Å². The topological polar surface area (TPSA) is 115 Å². The third-order valence-corrected chi connectivity index (χ3v) is 7.41. The molecule has 40 heavy (non-hydrogen) atoms. The van der Waals surface area contributed by atoms with Gasteiger partial charge >= 0.3 is 0 Å². The number of hydrogen-bond donors (Lipinski definition) is 3. The van der Waals surface area contributed by atoms with Crippen LogP contribution in [0.15, 0.2) is 54.9 Å². The largest absolute Gasteiger partial charge is 0.392 e. The van der Waals surface area contributed by atoms with E-state index in [1.54, 1.807) is 10.9 Å². The lowest BCUT2D eigenvalue weighted by atomic mass is 10.00. The Bertz CT molecular complexity index is 1280. The number of benzene rings is 2. The molecule has 0 saturated carbocycles.